The van der Waals surface area contributed by atoms with Crippen molar-refractivity contribution in [2.45, 2.75) is 6.54 Å². The normalized spacial score (nSPS) is 10.3. The Kier molecular flexibility index (Phi) is 3.61. The molecule has 0 aliphatic carbocycles. The van der Waals surface area contributed by atoms with E-state index in [4.69, 9.17) is 22.1 Å². The van der Waals surface area contributed by atoms with Crippen molar-refractivity contribution in [2.75, 3.05) is 0 Å². The molecule has 2 aromatic rings. The van der Waals surface area contributed by atoms with Gasteiger partial charge < -0.3 is 10.5 Å². The Balaban J connectivity index is 2.33. The molecule has 2 N–H and O–H groups in total. The third-order valence-corrected chi connectivity index (χ3v) is 2.53. The van der Waals surface area contributed by atoms with E-state index in [1.165, 1.54) is 6.07 Å². The molecule has 0 spiro atoms. The SMILES string of the molecule is NCc1cc(Cl)ccc1Oc1ccccc1F. The molecule has 0 aromatic heterocycles. The molecule has 0 aliphatic rings. The molecule has 2 rings (SSSR count). The van der Waals surface area contributed by atoms with Crippen molar-refractivity contribution in [3.05, 3.63) is 58.9 Å². The largest absolute Gasteiger partial charge is 0.454 e. The molecular weight excluding hydrogens is 241 g/mol. The molecule has 4 heteroatoms. The zero-order chi connectivity index (χ0) is 12.3. The highest BCUT2D eigenvalue weighted by Crippen LogP contribution is 2.28. The van der Waals surface area contributed by atoms with Crippen molar-refractivity contribution in [3.63, 3.8) is 0 Å². The molecule has 0 amide bonds. The summed E-state index contributed by atoms with van der Waals surface area (Å²) in [4.78, 5) is 0. The Morgan fingerprint density at radius 1 is 1.12 bits per heavy atom. The first kappa shape index (κ1) is 11.9. The second-order valence-electron chi connectivity index (χ2n) is 3.49. The van der Waals surface area contributed by atoms with Crippen LogP contribution in [0.5, 0.6) is 11.5 Å². The average molecular weight is 252 g/mol. The fraction of sp³-hybridized carbons (Fsp3) is 0.0769. The van der Waals surface area contributed by atoms with Gasteiger partial charge in [0.05, 0.1) is 0 Å². The van der Waals surface area contributed by atoms with Gasteiger partial charge in [0.1, 0.15) is 5.75 Å². The number of hydrogen-bond donors (Lipinski definition) is 1. The fourth-order valence-electron chi connectivity index (χ4n) is 1.45. The predicted octanol–water partition coefficient (Wildman–Crippen LogP) is 3.73. The Morgan fingerprint density at radius 3 is 2.59 bits per heavy atom. The highest BCUT2D eigenvalue weighted by atomic mass is 35.5. The van der Waals surface area contributed by atoms with Crippen LogP contribution in [-0.2, 0) is 6.54 Å². The molecule has 0 fully saturated rings. The number of rotatable bonds is 3. The Hall–Kier alpha value is -1.58. The smallest absolute Gasteiger partial charge is 0.165 e. The standard InChI is InChI=1S/C13H11ClFNO/c14-10-5-6-12(9(7-10)8-16)17-13-4-2-1-3-11(13)15/h1-7H,8,16H2. The van der Waals surface area contributed by atoms with Crippen LogP contribution in [0.25, 0.3) is 0 Å². The summed E-state index contributed by atoms with van der Waals surface area (Å²) in [6.45, 7) is 0.282. The molecule has 2 nitrogen and oxygen atoms in total. The molecule has 0 aliphatic heterocycles. The van der Waals surface area contributed by atoms with Gasteiger partial charge >= 0.3 is 0 Å². The van der Waals surface area contributed by atoms with Crippen LogP contribution in [-0.4, -0.2) is 0 Å². The highest BCUT2D eigenvalue weighted by molar-refractivity contribution is 6.30. The van der Waals surface area contributed by atoms with Gasteiger partial charge in [-0.25, -0.2) is 4.39 Å². The average Bonchev–Trinajstić information content (AvgIpc) is 2.34. The van der Waals surface area contributed by atoms with E-state index in [9.17, 15) is 4.39 Å². The Bertz CT molecular complexity index is 531. The molecule has 0 bridgehead atoms. The molecule has 17 heavy (non-hydrogen) atoms. The lowest BCUT2D eigenvalue weighted by atomic mass is 10.2. The van der Waals surface area contributed by atoms with Gasteiger partial charge in [0.25, 0.3) is 0 Å². The molecule has 2 aromatic carbocycles. The molecule has 0 radical (unpaired) electrons. The Labute approximate surface area is 104 Å². The molecule has 0 heterocycles. The topological polar surface area (TPSA) is 35.2 Å². The lowest BCUT2D eigenvalue weighted by Crippen LogP contribution is -2.00. The van der Waals surface area contributed by atoms with Gasteiger partial charge in [-0.3, -0.25) is 0 Å². The van der Waals surface area contributed by atoms with Gasteiger partial charge in [0.2, 0.25) is 0 Å². The minimum Gasteiger partial charge on any atom is -0.454 e. The zero-order valence-corrected chi connectivity index (χ0v) is 9.75. The summed E-state index contributed by atoms with van der Waals surface area (Å²) in [6, 6.07) is 11.3. The molecule has 0 saturated carbocycles. The maximum Gasteiger partial charge on any atom is 0.165 e. The summed E-state index contributed by atoms with van der Waals surface area (Å²) in [5.74, 6) is 0.275. The van der Waals surface area contributed by atoms with Crippen LogP contribution in [0.2, 0.25) is 5.02 Å². The van der Waals surface area contributed by atoms with Gasteiger partial charge in [-0.2, -0.15) is 0 Å². The number of para-hydroxylation sites is 1. The number of nitrogens with two attached hydrogens (primary N) is 1. The summed E-state index contributed by atoms with van der Waals surface area (Å²) in [5, 5.41) is 0.575. The molecule has 0 unspecified atom stereocenters. The second kappa shape index (κ2) is 5.17. The summed E-state index contributed by atoms with van der Waals surface area (Å²) in [5.41, 5.74) is 6.32. The van der Waals surface area contributed by atoms with Gasteiger partial charge in [-0.05, 0) is 30.3 Å². The summed E-state index contributed by atoms with van der Waals surface area (Å²) >= 11 is 5.84. The highest BCUT2D eigenvalue weighted by Gasteiger charge is 2.07. The maximum absolute atomic E-state index is 13.4. The van der Waals surface area contributed by atoms with Crippen LogP contribution in [0.15, 0.2) is 42.5 Å². The fourth-order valence-corrected chi connectivity index (χ4v) is 1.65. The summed E-state index contributed by atoms with van der Waals surface area (Å²) in [6.07, 6.45) is 0. The van der Waals surface area contributed by atoms with Crippen molar-refractivity contribution < 1.29 is 9.13 Å². The van der Waals surface area contributed by atoms with Crippen LogP contribution < -0.4 is 10.5 Å². The van der Waals surface area contributed by atoms with Crippen LogP contribution in [0.3, 0.4) is 0 Å². The molecule has 0 atom stereocenters. The molecule has 88 valence electrons. The van der Waals surface area contributed by atoms with E-state index in [1.807, 2.05) is 0 Å². The first-order valence-corrected chi connectivity index (χ1v) is 5.49. The monoisotopic (exact) mass is 251 g/mol. The van der Waals surface area contributed by atoms with Crippen LogP contribution >= 0.6 is 11.6 Å². The van der Waals surface area contributed by atoms with E-state index in [1.54, 1.807) is 36.4 Å². The van der Waals surface area contributed by atoms with E-state index < -0.39 is 5.82 Å². The van der Waals surface area contributed by atoms with Crippen LogP contribution in [0.4, 0.5) is 4.39 Å². The van der Waals surface area contributed by atoms with Gasteiger partial charge in [-0.1, -0.05) is 23.7 Å². The number of benzene rings is 2. The van der Waals surface area contributed by atoms with Crippen molar-refractivity contribution in [1.82, 2.24) is 0 Å². The first-order valence-electron chi connectivity index (χ1n) is 5.11. The summed E-state index contributed by atoms with van der Waals surface area (Å²) in [7, 11) is 0. The van der Waals surface area contributed by atoms with E-state index in [0.717, 1.165) is 5.56 Å². The molecule has 0 saturated heterocycles. The number of ether oxygens (including phenoxy) is 1. The minimum absolute atomic E-state index is 0.171. The van der Waals surface area contributed by atoms with Crippen LogP contribution in [0, 0.1) is 5.82 Å². The summed E-state index contributed by atoms with van der Waals surface area (Å²) < 4.78 is 18.9. The Morgan fingerprint density at radius 2 is 1.88 bits per heavy atom. The first-order chi connectivity index (χ1) is 8.20. The van der Waals surface area contributed by atoms with Crippen LogP contribution in [0.1, 0.15) is 5.56 Å². The quantitative estimate of drug-likeness (QED) is 0.902. The van der Waals surface area contributed by atoms with Crippen molar-refractivity contribution in [3.8, 4) is 11.5 Å². The number of halogens is 2. The van der Waals surface area contributed by atoms with Crippen molar-refractivity contribution >= 4 is 11.6 Å². The lowest BCUT2D eigenvalue weighted by Gasteiger charge is -2.10. The van der Waals surface area contributed by atoms with Gasteiger partial charge in [-0.15, -0.1) is 0 Å². The van der Waals surface area contributed by atoms with E-state index in [2.05, 4.69) is 0 Å². The van der Waals surface area contributed by atoms with Gasteiger partial charge in [0.15, 0.2) is 11.6 Å². The third-order valence-electron chi connectivity index (χ3n) is 2.30. The van der Waals surface area contributed by atoms with E-state index in [0.29, 0.717) is 10.8 Å². The molecular formula is C13H11ClFNO. The van der Waals surface area contributed by atoms with Gasteiger partial charge in [0, 0.05) is 17.1 Å². The lowest BCUT2D eigenvalue weighted by molar-refractivity contribution is 0.438. The zero-order valence-electron chi connectivity index (χ0n) is 8.99. The third kappa shape index (κ3) is 2.75. The van der Waals surface area contributed by atoms with E-state index >= 15 is 0 Å². The minimum atomic E-state index is -0.412. The van der Waals surface area contributed by atoms with Crippen molar-refractivity contribution in [2.24, 2.45) is 5.73 Å². The van der Waals surface area contributed by atoms with Crippen molar-refractivity contribution in [1.29, 1.82) is 0 Å². The van der Waals surface area contributed by atoms with E-state index in [-0.39, 0.29) is 12.3 Å². The second-order valence-corrected chi connectivity index (χ2v) is 3.93. The number of hydrogen-bond acceptors (Lipinski definition) is 2. The maximum atomic E-state index is 13.4. The predicted molar refractivity (Wildman–Crippen MR) is 65.8 cm³/mol.